The fourth-order valence-corrected chi connectivity index (χ4v) is 0.172. The van der Waals surface area contributed by atoms with Crippen LogP contribution in [0.25, 0.3) is 0 Å². The highest BCUT2D eigenvalue weighted by molar-refractivity contribution is 5.85. The maximum atomic E-state index is 11.1. The van der Waals surface area contributed by atoms with E-state index in [0.29, 0.717) is 0 Å². The van der Waals surface area contributed by atoms with Gasteiger partial charge in [0, 0.05) is 6.92 Å². The first-order valence-electron chi connectivity index (χ1n) is 2.70. The zero-order valence-corrected chi connectivity index (χ0v) is 6.52. The second-order valence-corrected chi connectivity index (χ2v) is 1.66. The third kappa shape index (κ3) is 8.62. The Morgan fingerprint density at radius 1 is 1.36 bits per heavy atom. The van der Waals surface area contributed by atoms with Crippen LogP contribution in [0.1, 0.15) is 6.92 Å². The number of halogens is 6. The lowest BCUT2D eigenvalue weighted by atomic mass is 10.6. The molecule has 0 bridgehead atoms. The highest BCUT2D eigenvalue weighted by atomic mass is 19.4. The predicted molar refractivity (Wildman–Crippen MR) is 32.0 cm³/mol. The molecule has 0 radical (unpaired) electrons. The van der Waals surface area contributed by atoms with E-state index < -0.39 is 23.3 Å². The van der Waals surface area contributed by atoms with Crippen molar-refractivity contribution in [1.29, 1.82) is 0 Å². The van der Waals surface area contributed by atoms with Gasteiger partial charge in [0.05, 0.1) is 0 Å². The molecule has 0 unspecified atom stereocenters. The number of rotatable bonds is 0. The average Bonchev–Trinajstić information content (AvgIpc) is 1.81. The van der Waals surface area contributed by atoms with Gasteiger partial charge in [-0.1, -0.05) is 18.7 Å². The van der Waals surface area contributed by atoms with Gasteiger partial charge in [0.25, 0.3) is 5.97 Å². The molecular formula is C4H4F6N2O2. The monoisotopic (exact) mass is 226 g/mol. The van der Waals surface area contributed by atoms with Crippen molar-refractivity contribution >= 4 is 11.8 Å². The van der Waals surface area contributed by atoms with Gasteiger partial charge in [-0.3, -0.25) is 4.79 Å². The number of aliphatic carboxylic acids is 1. The summed E-state index contributed by atoms with van der Waals surface area (Å²) in [7, 11) is 0. The first-order chi connectivity index (χ1) is 6.12. The van der Waals surface area contributed by atoms with Crippen LogP contribution in [-0.2, 0) is 4.79 Å². The van der Waals surface area contributed by atoms with Crippen LogP contribution in [0.5, 0.6) is 0 Å². The smallest absolute Gasteiger partial charge is 0.457 e. The topological polar surface area (TPSA) is 52.9 Å². The van der Waals surface area contributed by atoms with Crippen LogP contribution in [0.3, 0.4) is 0 Å². The third-order valence-corrected chi connectivity index (χ3v) is 0.494. The molecule has 0 aliphatic heterocycles. The minimum atomic E-state index is -5.46. The maximum Gasteiger partial charge on any atom is 0.457 e. The summed E-state index contributed by atoms with van der Waals surface area (Å²) in [5.74, 6) is -3.70. The standard InChI is InChI=1S/C2F6N2.C2H4O2/c3-2(4,5)1(9-6)10(7)8;1-2(3)4/h;1H3,(H,3,4). The summed E-state index contributed by atoms with van der Waals surface area (Å²) in [5, 5.41) is 5.80. The Balaban J connectivity index is 0. The summed E-state index contributed by atoms with van der Waals surface area (Å²) in [4.78, 5) is 9.00. The average molecular weight is 226 g/mol. The summed E-state index contributed by atoms with van der Waals surface area (Å²) >= 11 is 0. The highest BCUT2D eigenvalue weighted by Crippen LogP contribution is 2.20. The Kier molecular flexibility index (Phi) is 6.48. The fraction of sp³-hybridized carbons (Fsp3) is 0.500. The van der Waals surface area contributed by atoms with Crippen LogP contribution in [0.4, 0.5) is 26.6 Å². The van der Waals surface area contributed by atoms with Crippen LogP contribution in [0.2, 0.25) is 0 Å². The van der Waals surface area contributed by atoms with Crippen LogP contribution in [-0.4, -0.2) is 28.4 Å². The van der Waals surface area contributed by atoms with E-state index in [2.05, 4.69) is 0 Å². The summed E-state index contributed by atoms with van der Waals surface area (Å²) in [5.41, 5.74) is 0. The fourth-order valence-electron chi connectivity index (χ4n) is 0.172. The van der Waals surface area contributed by atoms with Gasteiger partial charge in [0.15, 0.2) is 0 Å². The molecule has 0 heterocycles. The first kappa shape index (κ1) is 15.0. The maximum absolute atomic E-state index is 11.1. The number of carboxylic acid groups (broad SMARTS) is 1. The molecule has 0 spiro atoms. The number of nitrogens with zero attached hydrogens (tertiary/aromatic N) is 2. The summed E-state index contributed by atoms with van der Waals surface area (Å²) < 4.78 is 65.9. The molecule has 0 aliphatic rings. The first-order valence-corrected chi connectivity index (χ1v) is 2.70. The zero-order valence-electron chi connectivity index (χ0n) is 6.52. The van der Waals surface area contributed by atoms with Gasteiger partial charge in [-0.15, -0.1) is 0 Å². The Morgan fingerprint density at radius 2 is 1.64 bits per heavy atom. The zero-order chi connectivity index (χ0) is 11.9. The lowest BCUT2D eigenvalue weighted by Gasteiger charge is -2.06. The Labute approximate surface area is 73.2 Å². The molecule has 0 aromatic heterocycles. The number of amidine groups is 1. The molecule has 4 nitrogen and oxygen atoms in total. The van der Waals surface area contributed by atoms with E-state index in [-0.39, 0.29) is 0 Å². The van der Waals surface area contributed by atoms with Crippen molar-refractivity contribution in [3.8, 4) is 0 Å². The molecule has 0 rings (SSSR count). The summed E-state index contributed by atoms with van der Waals surface area (Å²) in [6, 6.07) is 0. The van der Waals surface area contributed by atoms with E-state index in [9.17, 15) is 26.6 Å². The van der Waals surface area contributed by atoms with E-state index in [1.54, 1.807) is 0 Å². The van der Waals surface area contributed by atoms with E-state index in [0.717, 1.165) is 12.1 Å². The molecule has 0 saturated carbocycles. The number of alkyl halides is 3. The SMILES string of the molecule is CC(=O)O.FN=C(N(F)F)C(F)(F)F. The van der Waals surface area contributed by atoms with Crippen molar-refractivity contribution < 1.29 is 36.5 Å². The van der Waals surface area contributed by atoms with Crippen molar-refractivity contribution in [2.24, 2.45) is 5.21 Å². The van der Waals surface area contributed by atoms with Gasteiger partial charge < -0.3 is 5.11 Å². The Bertz CT molecular complexity index is 208. The second-order valence-electron chi connectivity index (χ2n) is 1.66. The third-order valence-electron chi connectivity index (χ3n) is 0.494. The van der Waals surface area contributed by atoms with Crippen molar-refractivity contribution in [2.75, 3.05) is 0 Å². The number of carboxylic acids is 1. The van der Waals surface area contributed by atoms with Crippen molar-refractivity contribution in [2.45, 2.75) is 13.1 Å². The largest absolute Gasteiger partial charge is 0.481 e. The Morgan fingerprint density at radius 3 is 1.64 bits per heavy atom. The number of hydrogen-bond acceptors (Lipinski definition) is 2. The number of carbonyl (C=O) groups is 1. The van der Waals surface area contributed by atoms with Gasteiger partial charge in [0.2, 0.25) is 0 Å². The molecule has 0 saturated heterocycles. The van der Waals surface area contributed by atoms with Crippen LogP contribution >= 0.6 is 0 Å². The lowest BCUT2D eigenvalue weighted by Crippen LogP contribution is -2.31. The van der Waals surface area contributed by atoms with E-state index in [1.165, 1.54) is 0 Å². The van der Waals surface area contributed by atoms with Gasteiger partial charge in [-0.2, -0.15) is 13.2 Å². The van der Waals surface area contributed by atoms with Crippen LogP contribution in [0.15, 0.2) is 5.21 Å². The molecule has 0 aromatic carbocycles. The molecular weight excluding hydrogens is 222 g/mol. The molecule has 0 amide bonds. The molecule has 14 heavy (non-hydrogen) atoms. The van der Waals surface area contributed by atoms with E-state index in [1.807, 2.05) is 0 Å². The minimum absolute atomic E-state index is 0.826. The second kappa shape index (κ2) is 6.05. The molecule has 1 N–H and O–H groups in total. The quantitative estimate of drug-likeness (QED) is 0.297. The van der Waals surface area contributed by atoms with Crippen LogP contribution in [0, 0.1) is 0 Å². The molecule has 0 aliphatic carbocycles. The molecule has 0 fully saturated rings. The molecule has 84 valence electrons. The highest BCUT2D eigenvalue weighted by Gasteiger charge is 2.42. The van der Waals surface area contributed by atoms with Gasteiger partial charge in [-0.05, 0) is 5.34 Å². The van der Waals surface area contributed by atoms with Crippen molar-refractivity contribution in [3.63, 3.8) is 0 Å². The number of hydrogen-bond donors (Lipinski definition) is 1. The summed E-state index contributed by atoms with van der Waals surface area (Å²) in [6.07, 6.45) is -5.46. The van der Waals surface area contributed by atoms with Crippen molar-refractivity contribution in [1.82, 2.24) is 5.34 Å². The van der Waals surface area contributed by atoms with Gasteiger partial charge in [0.1, 0.15) is 0 Å². The van der Waals surface area contributed by atoms with E-state index in [4.69, 9.17) is 9.90 Å². The molecule has 10 heteroatoms. The van der Waals surface area contributed by atoms with Gasteiger partial charge in [-0.25, -0.2) is 0 Å². The lowest BCUT2D eigenvalue weighted by molar-refractivity contribution is -0.136. The van der Waals surface area contributed by atoms with Crippen LogP contribution < -0.4 is 0 Å². The minimum Gasteiger partial charge on any atom is -0.481 e. The predicted octanol–water partition coefficient (Wildman–Crippen LogP) is 1.99. The van der Waals surface area contributed by atoms with Crippen molar-refractivity contribution in [3.05, 3.63) is 0 Å². The van der Waals surface area contributed by atoms with E-state index >= 15 is 0 Å². The molecule has 0 atom stereocenters. The summed E-state index contributed by atoms with van der Waals surface area (Å²) in [6.45, 7) is 1.08. The normalized spacial score (nSPS) is 11.5. The van der Waals surface area contributed by atoms with Gasteiger partial charge >= 0.3 is 12.0 Å². The Hall–Kier alpha value is -1.48. The molecule has 0 aromatic rings.